The molecule has 0 bridgehead atoms. The van der Waals surface area contributed by atoms with Crippen LogP contribution in [0.3, 0.4) is 0 Å². The van der Waals surface area contributed by atoms with Crippen LogP contribution in [0.4, 0.5) is 0 Å². The zero-order valence-electron chi connectivity index (χ0n) is 18.9. The summed E-state index contributed by atoms with van der Waals surface area (Å²) in [6, 6.07) is 20.2. The standard InChI is InChI=1S/C28H21NO4.Na/c30-23(31)10-2-1-3-15-29-27(32)21-13-11-19-17-8-4-6-16-7-5-9-18(24(16)17)20-12-14-22(28(29)33)26(21)25(19)20;/h4-9,11-14H,1-3,10,15H2,(H,30,31);/q;+1/p-1. The van der Waals surface area contributed by atoms with Crippen LogP contribution < -0.4 is 34.7 Å². The summed E-state index contributed by atoms with van der Waals surface area (Å²) in [6.45, 7) is 0.275. The van der Waals surface area contributed by atoms with Crippen LogP contribution in [0.1, 0.15) is 46.4 Å². The van der Waals surface area contributed by atoms with E-state index >= 15 is 0 Å². The van der Waals surface area contributed by atoms with E-state index in [1.54, 1.807) is 0 Å². The number of hydrogen-bond acceptors (Lipinski definition) is 4. The van der Waals surface area contributed by atoms with E-state index in [1.807, 2.05) is 36.4 Å². The summed E-state index contributed by atoms with van der Waals surface area (Å²) in [5.41, 5.74) is 1.10. The van der Waals surface area contributed by atoms with E-state index in [-0.39, 0.29) is 54.3 Å². The molecule has 1 heterocycles. The predicted octanol–water partition coefficient (Wildman–Crippen LogP) is 1.65. The molecule has 0 atom stereocenters. The summed E-state index contributed by atoms with van der Waals surface area (Å²) in [6.07, 6.45) is 1.65. The van der Waals surface area contributed by atoms with Crippen molar-refractivity contribution in [1.29, 1.82) is 0 Å². The van der Waals surface area contributed by atoms with Crippen LogP contribution in [0.25, 0.3) is 43.1 Å². The molecular formula is C28H20NNaO4. The average molecular weight is 457 g/mol. The predicted molar refractivity (Wildman–Crippen MR) is 126 cm³/mol. The Morgan fingerprint density at radius 2 is 1.24 bits per heavy atom. The van der Waals surface area contributed by atoms with Crippen LogP contribution in [0.5, 0.6) is 0 Å². The first-order chi connectivity index (χ1) is 16.1. The van der Waals surface area contributed by atoms with Gasteiger partial charge >= 0.3 is 29.6 Å². The number of rotatable bonds is 6. The maximum atomic E-state index is 13.4. The third-order valence-electron chi connectivity index (χ3n) is 6.86. The van der Waals surface area contributed by atoms with Crippen molar-refractivity contribution in [3.05, 3.63) is 71.8 Å². The zero-order valence-corrected chi connectivity index (χ0v) is 20.9. The molecule has 0 aliphatic carbocycles. The van der Waals surface area contributed by atoms with E-state index < -0.39 is 5.97 Å². The van der Waals surface area contributed by atoms with Gasteiger partial charge in [0.25, 0.3) is 11.8 Å². The molecule has 0 saturated carbocycles. The number of aliphatic carboxylic acids is 1. The molecule has 5 aromatic carbocycles. The van der Waals surface area contributed by atoms with Crippen molar-refractivity contribution in [2.45, 2.75) is 25.7 Å². The summed E-state index contributed by atoms with van der Waals surface area (Å²) < 4.78 is 0. The normalized spacial score (nSPS) is 13.4. The Bertz CT molecular complexity index is 1520. The second kappa shape index (κ2) is 8.66. The van der Waals surface area contributed by atoms with Crippen molar-refractivity contribution in [1.82, 2.24) is 4.90 Å². The van der Waals surface area contributed by atoms with Crippen molar-refractivity contribution >= 4 is 60.9 Å². The maximum absolute atomic E-state index is 13.4. The molecule has 0 unspecified atom stereocenters. The van der Waals surface area contributed by atoms with Gasteiger partial charge in [-0.05, 0) is 69.1 Å². The van der Waals surface area contributed by atoms with E-state index in [1.165, 1.54) is 15.7 Å². The molecule has 0 spiro atoms. The Balaban J connectivity index is 0.00000241. The number of amides is 2. The third-order valence-corrected chi connectivity index (χ3v) is 6.86. The summed E-state index contributed by atoms with van der Waals surface area (Å²) in [7, 11) is 0. The first-order valence-corrected chi connectivity index (χ1v) is 11.2. The number of fused-ring (bicyclic) bond motifs is 2. The topological polar surface area (TPSA) is 77.5 Å². The van der Waals surface area contributed by atoms with E-state index in [0.717, 1.165) is 32.3 Å². The molecule has 0 aromatic heterocycles. The second-order valence-electron chi connectivity index (χ2n) is 8.73. The van der Waals surface area contributed by atoms with Crippen LogP contribution in [-0.2, 0) is 4.79 Å². The number of benzene rings is 5. The molecule has 2 amide bonds. The van der Waals surface area contributed by atoms with Crippen molar-refractivity contribution in [3.63, 3.8) is 0 Å². The van der Waals surface area contributed by atoms with Gasteiger partial charge < -0.3 is 9.90 Å². The first-order valence-electron chi connectivity index (χ1n) is 11.2. The van der Waals surface area contributed by atoms with E-state index in [4.69, 9.17) is 0 Å². The van der Waals surface area contributed by atoms with Gasteiger partial charge in [0.15, 0.2) is 0 Å². The Hall–Kier alpha value is -2.99. The number of imide groups is 1. The molecular weight excluding hydrogens is 437 g/mol. The van der Waals surface area contributed by atoms with Gasteiger partial charge in [-0.2, -0.15) is 0 Å². The van der Waals surface area contributed by atoms with Crippen molar-refractivity contribution in [2.24, 2.45) is 0 Å². The van der Waals surface area contributed by atoms with Crippen molar-refractivity contribution in [3.8, 4) is 0 Å². The largest absolute Gasteiger partial charge is 1.00 e. The number of carbonyl (C=O) groups is 3. The van der Waals surface area contributed by atoms with Gasteiger partial charge in [-0.3, -0.25) is 14.5 Å². The molecule has 6 heteroatoms. The Kier molecular flexibility index (Phi) is 5.80. The van der Waals surface area contributed by atoms with Crippen molar-refractivity contribution in [2.75, 3.05) is 6.54 Å². The van der Waals surface area contributed by atoms with Gasteiger partial charge in [-0.15, -0.1) is 0 Å². The van der Waals surface area contributed by atoms with E-state index in [9.17, 15) is 19.5 Å². The molecule has 5 aromatic rings. The Morgan fingerprint density at radius 3 is 1.79 bits per heavy atom. The van der Waals surface area contributed by atoms with Gasteiger partial charge in [0.1, 0.15) is 0 Å². The van der Waals surface area contributed by atoms with Gasteiger partial charge in [-0.25, -0.2) is 0 Å². The fourth-order valence-corrected chi connectivity index (χ4v) is 5.39. The molecule has 5 nitrogen and oxygen atoms in total. The molecule has 0 saturated heterocycles. The molecule has 162 valence electrons. The number of carboxylic acid groups (broad SMARTS) is 1. The summed E-state index contributed by atoms with van der Waals surface area (Å²) in [5.74, 6) is -1.65. The third kappa shape index (κ3) is 3.30. The Labute approximate surface area is 218 Å². The molecule has 1 aliphatic heterocycles. The Morgan fingerprint density at radius 1 is 0.676 bits per heavy atom. The van der Waals surface area contributed by atoms with Crippen molar-refractivity contribution < 1.29 is 49.0 Å². The number of unbranched alkanes of at least 4 members (excludes halogenated alkanes) is 2. The molecule has 6 rings (SSSR count). The molecule has 1 aliphatic rings. The van der Waals surface area contributed by atoms with Gasteiger partial charge in [0, 0.05) is 29.0 Å². The van der Waals surface area contributed by atoms with Crippen LogP contribution in [0.2, 0.25) is 0 Å². The van der Waals surface area contributed by atoms with Crippen LogP contribution in [-0.4, -0.2) is 29.2 Å². The monoisotopic (exact) mass is 457 g/mol. The maximum Gasteiger partial charge on any atom is 1.00 e. The second-order valence-corrected chi connectivity index (χ2v) is 8.73. The summed E-state index contributed by atoms with van der Waals surface area (Å²) >= 11 is 0. The van der Waals surface area contributed by atoms with Crippen LogP contribution >= 0.6 is 0 Å². The minimum Gasteiger partial charge on any atom is -0.550 e. The van der Waals surface area contributed by atoms with Gasteiger partial charge in [-0.1, -0.05) is 55.0 Å². The molecule has 0 fully saturated rings. The molecule has 0 N–H and O–H groups in total. The first kappa shape index (κ1) is 22.8. The summed E-state index contributed by atoms with van der Waals surface area (Å²) in [4.78, 5) is 38.6. The SMILES string of the molecule is O=C([O-])CCCCCN1C(=O)c2ccc3c4cccc5cccc(c6ccc(c2c36)C1=O)c54.[Na+]. The minimum atomic E-state index is -1.08. The van der Waals surface area contributed by atoms with Crippen LogP contribution in [0, 0.1) is 0 Å². The summed E-state index contributed by atoms with van der Waals surface area (Å²) in [5, 5.41) is 19.0. The smallest absolute Gasteiger partial charge is 0.550 e. The minimum absolute atomic E-state index is 0. The number of carboxylic acids is 1. The molecule has 0 radical (unpaired) electrons. The fourth-order valence-electron chi connectivity index (χ4n) is 5.39. The quantitative estimate of drug-likeness (QED) is 0.128. The number of hydrogen-bond donors (Lipinski definition) is 0. The zero-order chi connectivity index (χ0) is 22.7. The van der Waals surface area contributed by atoms with E-state index in [0.29, 0.717) is 30.4 Å². The average Bonchev–Trinajstić information content (AvgIpc) is 2.82. The van der Waals surface area contributed by atoms with Crippen LogP contribution in [0.15, 0.2) is 60.7 Å². The number of nitrogens with zero attached hydrogens (tertiary/aromatic N) is 1. The van der Waals surface area contributed by atoms with Gasteiger partial charge in [0.2, 0.25) is 0 Å². The van der Waals surface area contributed by atoms with Gasteiger partial charge in [0.05, 0.1) is 0 Å². The van der Waals surface area contributed by atoms with E-state index in [2.05, 4.69) is 24.3 Å². The number of carbonyl (C=O) groups excluding carboxylic acids is 3. The fraction of sp³-hybridized carbons (Fsp3) is 0.179. The molecule has 34 heavy (non-hydrogen) atoms.